The minimum Gasteiger partial charge on any atom is -0.396 e. The minimum atomic E-state index is 0.388. The van der Waals surface area contributed by atoms with Crippen LogP contribution >= 0.6 is 0 Å². The van der Waals surface area contributed by atoms with Crippen LogP contribution in [0.5, 0.6) is 0 Å². The number of nitrogens with one attached hydrogen (secondary N) is 1. The average molecular weight is 239 g/mol. The Balaban J connectivity index is 1.64. The molecule has 2 aliphatic carbocycles. The van der Waals surface area contributed by atoms with Gasteiger partial charge in [-0.2, -0.15) is 0 Å². The molecule has 0 saturated heterocycles. The number of rotatable bonds is 4. The summed E-state index contributed by atoms with van der Waals surface area (Å²) in [7, 11) is 0. The van der Waals surface area contributed by atoms with Crippen molar-refractivity contribution in [3.63, 3.8) is 0 Å². The van der Waals surface area contributed by atoms with E-state index < -0.39 is 0 Å². The minimum absolute atomic E-state index is 0.388. The van der Waals surface area contributed by atoms with Gasteiger partial charge in [0.2, 0.25) is 0 Å². The van der Waals surface area contributed by atoms with Crippen LogP contribution in [0.1, 0.15) is 58.3 Å². The maximum absolute atomic E-state index is 9.23. The summed E-state index contributed by atoms with van der Waals surface area (Å²) >= 11 is 0. The quantitative estimate of drug-likeness (QED) is 0.790. The SMILES string of the molecule is CC1CCC(CNC2CCCC(CO)C2)CC1. The third-order valence-corrected chi connectivity index (χ3v) is 4.87. The van der Waals surface area contributed by atoms with Gasteiger partial charge >= 0.3 is 0 Å². The average Bonchev–Trinajstić information content (AvgIpc) is 2.38. The Bertz CT molecular complexity index is 211. The zero-order chi connectivity index (χ0) is 12.1. The fourth-order valence-corrected chi connectivity index (χ4v) is 3.51. The molecule has 17 heavy (non-hydrogen) atoms. The van der Waals surface area contributed by atoms with Gasteiger partial charge in [-0.15, -0.1) is 0 Å². The van der Waals surface area contributed by atoms with Gasteiger partial charge in [-0.05, 0) is 56.4 Å². The predicted molar refractivity (Wildman–Crippen MR) is 72.0 cm³/mol. The fraction of sp³-hybridized carbons (Fsp3) is 1.00. The van der Waals surface area contributed by atoms with Crippen LogP contribution in [0.4, 0.5) is 0 Å². The molecule has 0 bridgehead atoms. The smallest absolute Gasteiger partial charge is 0.0459 e. The highest BCUT2D eigenvalue weighted by molar-refractivity contribution is 4.80. The summed E-state index contributed by atoms with van der Waals surface area (Å²) in [6.07, 6.45) is 10.7. The Morgan fingerprint density at radius 3 is 2.47 bits per heavy atom. The molecule has 0 aliphatic heterocycles. The van der Waals surface area contributed by atoms with E-state index in [1.807, 2.05) is 0 Å². The van der Waals surface area contributed by atoms with Gasteiger partial charge in [-0.25, -0.2) is 0 Å². The molecule has 2 N–H and O–H groups in total. The molecule has 2 rings (SSSR count). The van der Waals surface area contributed by atoms with E-state index in [-0.39, 0.29) is 0 Å². The summed E-state index contributed by atoms with van der Waals surface area (Å²) in [5.41, 5.74) is 0. The Morgan fingerprint density at radius 2 is 1.76 bits per heavy atom. The lowest BCUT2D eigenvalue weighted by Crippen LogP contribution is -2.38. The summed E-state index contributed by atoms with van der Waals surface area (Å²) < 4.78 is 0. The molecular weight excluding hydrogens is 210 g/mol. The number of hydrogen-bond acceptors (Lipinski definition) is 2. The second-order valence-electron chi connectivity index (χ2n) is 6.45. The van der Waals surface area contributed by atoms with Crippen molar-refractivity contribution in [2.45, 2.75) is 64.3 Å². The molecule has 0 radical (unpaired) electrons. The topological polar surface area (TPSA) is 32.3 Å². The standard InChI is InChI=1S/C15H29NO/c1-12-5-7-13(8-6-12)10-16-15-4-2-3-14(9-15)11-17/h12-17H,2-11H2,1H3. The molecule has 2 unspecified atom stereocenters. The third-order valence-electron chi connectivity index (χ3n) is 4.87. The first-order valence-electron chi connectivity index (χ1n) is 7.62. The molecular formula is C15H29NO. The van der Waals surface area contributed by atoms with E-state index in [9.17, 15) is 5.11 Å². The van der Waals surface area contributed by atoms with E-state index in [0.29, 0.717) is 18.6 Å². The van der Waals surface area contributed by atoms with Gasteiger partial charge in [0.1, 0.15) is 0 Å². The largest absolute Gasteiger partial charge is 0.396 e. The molecule has 2 fully saturated rings. The van der Waals surface area contributed by atoms with Crippen molar-refractivity contribution in [2.24, 2.45) is 17.8 Å². The Kier molecular flexibility index (Phi) is 5.30. The molecule has 0 aromatic heterocycles. The molecule has 0 aromatic rings. The van der Waals surface area contributed by atoms with Crippen LogP contribution in [0.2, 0.25) is 0 Å². The van der Waals surface area contributed by atoms with Crippen molar-refractivity contribution in [3.8, 4) is 0 Å². The molecule has 0 heterocycles. The zero-order valence-corrected chi connectivity index (χ0v) is 11.3. The van der Waals surface area contributed by atoms with Crippen molar-refractivity contribution >= 4 is 0 Å². The highest BCUT2D eigenvalue weighted by Crippen LogP contribution is 2.29. The third kappa shape index (κ3) is 4.26. The summed E-state index contributed by atoms with van der Waals surface area (Å²) in [4.78, 5) is 0. The zero-order valence-electron chi connectivity index (χ0n) is 11.3. The van der Waals surface area contributed by atoms with Gasteiger partial charge in [0.15, 0.2) is 0 Å². The summed E-state index contributed by atoms with van der Waals surface area (Å²) in [5, 5.41) is 13.0. The molecule has 100 valence electrons. The van der Waals surface area contributed by atoms with Crippen molar-refractivity contribution in [3.05, 3.63) is 0 Å². The van der Waals surface area contributed by atoms with Crippen molar-refractivity contribution in [2.75, 3.05) is 13.2 Å². The highest BCUT2D eigenvalue weighted by atomic mass is 16.3. The maximum atomic E-state index is 9.23. The van der Waals surface area contributed by atoms with E-state index in [2.05, 4.69) is 12.2 Å². The fourth-order valence-electron chi connectivity index (χ4n) is 3.51. The van der Waals surface area contributed by atoms with E-state index in [4.69, 9.17) is 0 Å². The second kappa shape index (κ2) is 6.75. The van der Waals surface area contributed by atoms with Gasteiger partial charge in [0.05, 0.1) is 0 Å². The summed E-state index contributed by atoms with van der Waals surface area (Å²) in [6.45, 7) is 3.99. The van der Waals surface area contributed by atoms with Crippen LogP contribution in [0.15, 0.2) is 0 Å². The highest BCUT2D eigenvalue weighted by Gasteiger charge is 2.23. The van der Waals surface area contributed by atoms with E-state index in [0.717, 1.165) is 11.8 Å². The lowest BCUT2D eigenvalue weighted by molar-refractivity contribution is 0.166. The first-order chi connectivity index (χ1) is 8.28. The molecule has 0 amide bonds. The van der Waals surface area contributed by atoms with E-state index >= 15 is 0 Å². The van der Waals surface area contributed by atoms with Crippen LogP contribution in [-0.4, -0.2) is 24.3 Å². The molecule has 2 heteroatoms. The normalized spacial score (nSPS) is 39.2. The lowest BCUT2D eigenvalue weighted by Gasteiger charge is -2.32. The van der Waals surface area contributed by atoms with Crippen molar-refractivity contribution < 1.29 is 5.11 Å². The predicted octanol–water partition coefficient (Wildman–Crippen LogP) is 2.95. The Labute approximate surface area is 106 Å². The molecule has 0 aromatic carbocycles. The maximum Gasteiger partial charge on any atom is 0.0459 e. The molecule has 2 nitrogen and oxygen atoms in total. The first-order valence-corrected chi connectivity index (χ1v) is 7.62. The Morgan fingerprint density at radius 1 is 1.00 bits per heavy atom. The molecule has 0 spiro atoms. The lowest BCUT2D eigenvalue weighted by atomic mass is 9.82. The van der Waals surface area contributed by atoms with Crippen LogP contribution in [0.25, 0.3) is 0 Å². The number of aliphatic hydroxyl groups excluding tert-OH is 1. The van der Waals surface area contributed by atoms with Crippen LogP contribution in [0.3, 0.4) is 0 Å². The summed E-state index contributed by atoms with van der Waals surface area (Å²) in [6, 6.07) is 0.681. The molecule has 2 aliphatic rings. The van der Waals surface area contributed by atoms with Gasteiger partial charge in [0.25, 0.3) is 0 Å². The molecule has 2 saturated carbocycles. The van der Waals surface area contributed by atoms with E-state index in [1.165, 1.54) is 57.9 Å². The van der Waals surface area contributed by atoms with Gasteiger partial charge in [-0.3, -0.25) is 0 Å². The molecule has 2 atom stereocenters. The number of hydrogen-bond donors (Lipinski definition) is 2. The summed E-state index contributed by atoms with van der Waals surface area (Å²) in [5.74, 6) is 2.44. The van der Waals surface area contributed by atoms with Gasteiger partial charge < -0.3 is 10.4 Å². The second-order valence-corrected chi connectivity index (χ2v) is 6.45. The van der Waals surface area contributed by atoms with Gasteiger partial charge in [0, 0.05) is 12.6 Å². The Hall–Kier alpha value is -0.0800. The first kappa shape index (κ1) is 13.4. The van der Waals surface area contributed by atoms with Crippen LogP contribution < -0.4 is 5.32 Å². The number of aliphatic hydroxyl groups is 1. The monoisotopic (exact) mass is 239 g/mol. The van der Waals surface area contributed by atoms with Crippen molar-refractivity contribution in [1.29, 1.82) is 0 Å². The van der Waals surface area contributed by atoms with Crippen molar-refractivity contribution in [1.82, 2.24) is 5.32 Å². The van der Waals surface area contributed by atoms with E-state index in [1.54, 1.807) is 0 Å². The van der Waals surface area contributed by atoms with Gasteiger partial charge in [-0.1, -0.05) is 26.2 Å². The van der Waals surface area contributed by atoms with Crippen LogP contribution in [-0.2, 0) is 0 Å². The van der Waals surface area contributed by atoms with Crippen LogP contribution in [0, 0.1) is 17.8 Å².